The molecule has 1 aromatic heterocycles. The van der Waals surface area contributed by atoms with E-state index < -0.39 is 6.04 Å². The van der Waals surface area contributed by atoms with Gasteiger partial charge >= 0.3 is 0 Å². The quantitative estimate of drug-likeness (QED) is 0.723. The van der Waals surface area contributed by atoms with Gasteiger partial charge in [0.05, 0.1) is 24.2 Å². The van der Waals surface area contributed by atoms with Gasteiger partial charge in [0, 0.05) is 5.69 Å². The molecule has 2 aromatic carbocycles. The molecule has 6 nitrogen and oxygen atoms in total. The Bertz CT molecular complexity index is 871. The largest absolute Gasteiger partial charge is 0.497 e. The SMILES string of the molecule is CCCC(N)C(=O)Nc1nc2ccccc2n1-c1ccc(OC)cc1. The van der Waals surface area contributed by atoms with Crippen molar-refractivity contribution in [2.24, 2.45) is 5.73 Å². The van der Waals surface area contributed by atoms with Gasteiger partial charge in [-0.25, -0.2) is 4.98 Å². The summed E-state index contributed by atoms with van der Waals surface area (Å²) in [6, 6.07) is 14.8. The van der Waals surface area contributed by atoms with Crippen molar-refractivity contribution in [2.75, 3.05) is 12.4 Å². The normalized spacial score (nSPS) is 12.1. The van der Waals surface area contributed by atoms with Gasteiger partial charge in [-0.15, -0.1) is 0 Å². The maximum Gasteiger partial charge on any atom is 0.243 e. The van der Waals surface area contributed by atoms with E-state index in [1.165, 1.54) is 0 Å². The molecule has 0 aliphatic rings. The molecule has 0 fully saturated rings. The van der Waals surface area contributed by atoms with Crippen LogP contribution in [0.4, 0.5) is 5.95 Å². The van der Waals surface area contributed by atoms with Gasteiger partial charge < -0.3 is 10.5 Å². The fourth-order valence-electron chi connectivity index (χ4n) is 2.75. The summed E-state index contributed by atoms with van der Waals surface area (Å²) >= 11 is 0. The number of amides is 1. The Balaban J connectivity index is 2.04. The van der Waals surface area contributed by atoms with Crippen LogP contribution in [0.3, 0.4) is 0 Å². The van der Waals surface area contributed by atoms with Gasteiger partial charge in [0.2, 0.25) is 11.9 Å². The second kappa shape index (κ2) is 7.36. The van der Waals surface area contributed by atoms with E-state index in [-0.39, 0.29) is 5.91 Å². The van der Waals surface area contributed by atoms with Crippen molar-refractivity contribution in [2.45, 2.75) is 25.8 Å². The molecule has 3 N–H and O–H groups in total. The highest BCUT2D eigenvalue weighted by atomic mass is 16.5. The summed E-state index contributed by atoms with van der Waals surface area (Å²) < 4.78 is 7.12. The molecule has 0 radical (unpaired) electrons. The van der Waals surface area contributed by atoms with E-state index in [4.69, 9.17) is 10.5 Å². The molecule has 25 heavy (non-hydrogen) atoms. The van der Waals surface area contributed by atoms with Crippen LogP contribution in [0.1, 0.15) is 19.8 Å². The number of imidazole rings is 1. The first kappa shape index (κ1) is 17.0. The third kappa shape index (κ3) is 3.49. The Morgan fingerprint density at radius 2 is 1.96 bits per heavy atom. The molecule has 0 aliphatic heterocycles. The van der Waals surface area contributed by atoms with Gasteiger partial charge in [-0.1, -0.05) is 25.5 Å². The number of para-hydroxylation sites is 2. The number of rotatable bonds is 6. The lowest BCUT2D eigenvalue weighted by Gasteiger charge is -2.13. The number of fused-ring (bicyclic) bond motifs is 1. The summed E-state index contributed by atoms with van der Waals surface area (Å²) in [5.74, 6) is 0.999. The summed E-state index contributed by atoms with van der Waals surface area (Å²) in [7, 11) is 1.63. The zero-order valence-electron chi connectivity index (χ0n) is 14.4. The standard InChI is InChI=1S/C19H22N4O2/c1-3-6-15(20)18(24)22-19-21-16-7-4-5-8-17(16)23(19)13-9-11-14(25-2)12-10-13/h4-5,7-12,15H,3,6,20H2,1-2H3,(H,21,22,24). The van der Waals surface area contributed by atoms with Gasteiger partial charge in [-0.05, 0) is 42.8 Å². The minimum absolute atomic E-state index is 0.230. The highest BCUT2D eigenvalue weighted by molar-refractivity contribution is 5.95. The van der Waals surface area contributed by atoms with Crippen LogP contribution in [0, 0.1) is 0 Å². The molecule has 130 valence electrons. The van der Waals surface area contributed by atoms with Gasteiger partial charge in [-0.2, -0.15) is 0 Å². The fraction of sp³-hybridized carbons (Fsp3) is 0.263. The van der Waals surface area contributed by atoms with Crippen LogP contribution < -0.4 is 15.8 Å². The third-order valence-corrected chi connectivity index (χ3v) is 4.06. The number of hydrogen-bond donors (Lipinski definition) is 2. The first-order valence-electron chi connectivity index (χ1n) is 8.32. The third-order valence-electron chi connectivity index (χ3n) is 4.06. The van der Waals surface area contributed by atoms with Crippen LogP contribution in [-0.4, -0.2) is 28.6 Å². The summed E-state index contributed by atoms with van der Waals surface area (Å²) in [6.45, 7) is 2.00. The maximum atomic E-state index is 12.4. The lowest BCUT2D eigenvalue weighted by molar-refractivity contribution is -0.117. The van der Waals surface area contributed by atoms with Crippen molar-refractivity contribution >= 4 is 22.9 Å². The molecular formula is C19H22N4O2. The molecule has 0 bridgehead atoms. The Hall–Kier alpha value is -2.86. The van der Waals surface area contributed by atoms with Crippen LogP contribution in [0.2, 0.25) is 0 Å². The molecule has 6 heteroatoms. The van der Waals surface area contributed by atoms with Crippen molar-refractivity contribution in [3.8, 4) is 11.4 Å². The summed E-state index contributed by atoms with van der Waals surface area (Å²) in [4.78, 5) is 16.9. The molecule has 1 unspecified atom stereocenters. The van der Waals surface area contributed by atoms with E-state index in [9.17, 15) is 4.79 Å². The smallest absolute Gasteiger partial charge is 0.243 e. The molecule has 0 saturated carbocycles. The topological polar surface area (TPSA) is 82.2 Å². The van der Waals surface area contributed by atoms with Crippen molar-refractivity contribution in [1.82, 2.24) is 9.55 Å². The minimum Gasteiger partial charge on any atom is -0.497 e. The average molecular weight is 338 g/mol. The van der Waals surface area contributed by atoms with E-state index in [0.717, 1.165) is 28.9 Å². The highest BCUT2D eigenvalue weighted by Gasteiger charge is 2.18. The van der Waals surface area contributed by atoms with Crippen molar-refractivity contribution < 1.29 is 9.53 Å². The van der Waals surface area contributed by atoms with Crippen LogP contribution in [0.25, 0.3) is 16.7 Å². The minimum atomic E-state index is -0.547. The highest BCUT2D eigenvalue weighted by Crippen LogP contribution is 2.26. The van der Waals surface area contributed by atoms with Gasteiger partial charge in [0.25, 0.3) is 0 Å². The van der Waals surface area contributed by atoms with Crippen LogP contribution in [0.5, 0.6) is 5.75 Å². The average Bonchev–Trinajstić information content (AvgIpc) is 2.99. The number of nitrogens with zero attached hydrogens (tertiary/aromatic N) is 2. The predicted octanol–water partition coefficient (Wildman–Crippen LogP) is 3.10. The molecule has 3 aromatic rings. The zero-order chi connectivity index (χ0) is 17.8. The number of carbonyl (C=O) groups is 1. The second-order valence-corrected chi connectivity index (χ2v) is 5.84. The van der Waals surface area contributed by atoms with Crippen molar-refractivity contribution in [1.29, 1.82) is 0 Å². The molecule has 1 amide bonds. The number of carbonyl (C=O) groups excluding carboxylic acids is 1. The number of ether oxygens (including phenoxy) is 1. The molecule has 1 heterocycles. The first-order chi connectivity index (χ1) is 12.1. The monoisotopic (exact) mass is 338 g/mol. The fourth-order valence-corrected chi connectivity index (χ4v) is 2.75. The lowest BCUT2D eigenvalue weighted by atomic mass is 10.2. The van der Waals surface area contributed by atoms with Crippen molar-refractivity contribution in [3.63, 3.8) is 0 Å². The zero-order valence-corrected chi connectivity index (χ0v) is 14.4. The molecule has 0 spiro atoms. The first-order valence-corrected chi connectivity index (χ1v) is 8.32. The summed E-state index contributed by atoms with van der Waals surface area (Å²) in [5.41, 5.74) is 8.53. The number of benzene rings is 2. The maximum absolute atomic E-state index is 12.4. The molecule has 0 saturated heterocycles. The van der Waals surface area contributed by atoms with Crippen LogP contribution >= 0.6 is 0 Å². The van der Waals surface area contributed by atoms with Crippen LogP contribution in [-0.2, 0) is 4.79 Å². The van der Waals surface area contributed by atoms with Crippen molar-refractivity contribution in [3.05, 3.63) is 48.5 Å². The van der Waals surface area contributed by atoms with Crippen LogP contribution in [0.15, 0.2) is 48.5 Å². The molecule has 3 rings (SSSR count). The van der Waals surface area contributed by atoms with Gasteiger partial charge in [-0.3, -0.25) is 14.7 Å². The Morgan fingerprint density at radius 3 is 2.64 bits per heavy atom. The number of hydrogen-bond acceptors (Lipinski definition) is 4. The number of methoxy groups -OCH3 is 1. The van der Waals surface area contributed by atoms with E-state index in [1.807, 2.05) is 60.0 Å². The molecule has 0 aliphatic carbocycles. The molecular weight excluding hydrogens is 316 g/mol. The Labute approximate surface area is 146 Å². The summed E-state index contributed by atoms with van der Waals surface area (Å²) in [5, 5.41) is 2.87. The van der Waals surface area contributed by atoms with E-state index in [2.05, 4.69) is 10.3 Å². The predicted molar refractivity (Wildman–Crippen MR) is 99.1 cm³/mol. The number of anilines is 1. The van der Waals surface area contributed by atoms with E-state index >= 15 is 0 Å². The molecule has 1 atom stereocenters. The van der Waals surface area contributed by atoms with E-state index in [0.29, 0.717) is 12.4 Å². The van der Waals surface area contributed by atoms with E-state index in [1.54, 1.807) is 7.11 Å². The second-order valence-electron chi connectivity index (χ2n) is 5.84. The van der Waals surface area contributed by atoms with Gasteiger partial charge in [0.15, 0.2) is 0 Å². The number of nitrogens with one attached hydrogen (secondary N) is 1. The number of nitrogens with two attached hydrogens (primary N) is 1. The summed E-state index contributed by atoms with van der Waals surface area (Å²) in [6.07, 6.45) is 1.48. The Kier molecular flexibility index (Phi) is 5.00. The lowest BCUT2D eigenvalue weighted by Crippen LogP contribution is -2.36. The Morgan fingerprint density at radius 1 is 1.24 bits per heavy atom. The number of aromatic nitrogens is 2. The van der Waals surface area contributed by atoms with Gasteiger partial charge in [0.1, 0.15) is 5.75 Å².